The zero-order chi connectivity index (χ0) is 32.4. The minimum atomic E-state index is -8.64. The number of hydrogen-bond donors (Lipinski definition) is 0. The van der Waals surface area contributed by atoms with Crippen molar-refractivity contribution in [2.75, 3.05) is 19.8 Å². The standard InChI is InChI=1S/C19H25F17O3Si/c1-5-8-37-40(38-9-6-2,39-10-7-3)19(35,36)18(33,34)17(31,32)16(29,30)15(27,28)14(25,26)13(23,24)12(21,22)11(4)20/h11H,5-10H2,1-4H3. The molecule has 3 nitrogen and oxygen atoms in total. The Kier molecular flexibility index (Phi) is 11.9. The van der Waals surface area contributed by atoms with Gasteiger partial charge in [0.15, 0.2) is 6.17 Å². The molecular formula is C19H25F17O3Si. The van der Waals surface area contributed by atoms with Gasteiger partial charge >= 0.3 is 55.8 Å². The van der Waals surface area contributed by atoms with Crippen molar-refractivity contribution >= 4 is 8.80 Å². The summed E-state index contributed by atoms with van der Waals surface area (Å²) in [5.41, 5.74) is -6.86. The average molecular weight is 652 g/mol. The highest BCUT2D eigenvalue weighted by Crippen LogP contribution is 2.65. The number of rotatable bonds is 18. The Hall–Kier alpha value is -1.09. The fourth-order valence-electron chi connectivity index (χ4n) is 2.74. The number of alkyl halides is 17. The zero-order valence-electron chi connectivity index (χ0n) is 21.0. The number of hydrogen-bond acceptors (Lipinski definition) is 3. The molecule has 0 rings (SSSR count). The third kappa shape index (κ3) is 5.63. The highest BCUT2D eigenvalue weighted by atomic mass is 28.4. The van der Waals surface area contributed by atoms with Crippen molar-refractivity contribution in [2.24, 2.45) is 0 Å². The van der Waals surface area contributed by atoms with E-state index in [4.69, 9.17) is 0 Å². The van der Waals surface area contributed by atoms with Crippen LogP contribution in [0, 0.1) is 0 Å². The molecule has 0 radical (unpaired) electrons. The minimum absolute atomic E-state index is 0.367. The van der Waals surface area contributed by atoms with E-state index in [0.29, 0.717) is 0 Å². The van der Waals surface area contributed by atoms with Gasteiger partial charge in [-0.05, 0) is 26.2 Å². The van der Waals surface area contributed by atoms with Crippen LogP contribution in [0.4, 0.5) is 74.6 Å². The molecule has 1 atom stereocenters. The smallest absolute Gasteiger partial charge is 0.370 e. The van der Waals surface area contributed by atoms with Gasteiger partial charge < -0.3 is 13.3 Å². The molecule has 21 heteroatoms. The van der Waals surface area contributed by atoms with Gasteiger partial charge in [0.1, 0.15) is 0 Å². The van der Waals surface area contributed by atoms with E-state index in [0.717, 1.165) is 20.8 Å². The molecule has 0 aliphatic carbocycles. The number of halogens is 17. The van der Waals surface area contributed by atoms with Crippen LogP contribution in [0.2, 0.25) is 0 Å². The van der Waals surface area contributed by atoms with Gasteiger partial charge in [-0.25, -0.2) is 4.39 Å². The fraction of sp³-hybridized carbons (Fsp3) is 1.00. The first-order valence-electron chi connectivity index (χ1n) is 11.2. The Morgan fingerprint density at radius 3 is 0.975 bits per heavy atom. The molecule has 0 aromatic heterocycles. The highest BCUT2D eigenvalue weighted by molar-refractivity contribution is 6.63. The first-order chi connectivity index (χ1) is 17.6. The second-order valence-corrected chi connectivity index (χ2v) is 11.0. The summed E-state index contributed by atoms with van der Waals surface area (Å²) in [6.07, 6.45) is -5.62. The van der Waals surface area contributed by atoms with Gasteiger partial charge in [0.2, 0.25) is 0 Å². The minimum Gasteiger partial charge on any atom is -0.370 e. The lowest BCUT2D eigenvalue weighted by atomic mass is 9.88. The maximum Gasteiger partial charge on any atom is 0.582 e. The zero-order valence-corrected chi connectivity index (χ0v) is 22.0. The van der Waals surface area contributed by atoms with Crippen LogP contribution in [0.1, 0.15) is 47.0 Å². The quantitative estimate of drug-likeness (QED) is 0.111. The van der Waals surface area contributed by atoms with Crippen molar-refractivity contribution in [3.8, 4) is 0 Å². The van der Waals surface area contributed by atoms with Crippen LogP contribution in [0.25, 0.3) is 0 Å². The van der Waals surface area contributed by atoms with Gasteiger partial charge in [0.25, 0.3) is 0 Å². The summed E-state index contributed by atoms with van der Waals surface area (Å²) in [6, 6.07) is 0. The Morgan fingerprint density at radius 1 is 0.475 bits per heavy atom. The molecule has 0 aromatic carbocycles. The van der Waals surface area contributed by atoms with Gasteiger partial charge in [-0.1, -0.05) is 20.8 Å². The fourth-order valence-corrected chi connectivity index (χ4v) is 5.50. The van der Waals surface area contributed by atoms with Crippen LogP contribution in [-0.4, -0.2) is 81.8 Å². The van der Waals surface area contributed by atoms with Crippen LogP contribution in [0.5, 0.6) is 0 Å². The predicted octanol–water partition coefficient (Wildman–Crippen LogP) is 8.18. The van der Waals surface area contributed by atoms with Crippen molar-refractivity contribution in [2.45, 2.75) is 100 Å². The van der Waals surface area contributed by atoms with Crippen molar-refractivity contribution < 1.29 is 87.9 Å². The van der Waals surface area contributed by atoms with Crippen LogP contribution >= 0.6 is 0 Å². The lowest BCUT2D eigenvalue weighted by Gasteiger charge is -2.45. The van der Waals surface area contributed by atoms with Gasteiger partial charge in [0.05, 0.1) is 0 Å². The Morgan fingerprint density at radius 2 is 0.725 bits per heavy atom. The van der Waals surface area contributed by atoms with Crippen LogP contribution in [0.3, 0.4) is 0 Å². The molecule has 0 heterocycles. The van der Waals surface area contributed by atoms with Crippen molar-refractivity contribution in [3.63, 3.8) is 0 Å². The summed E-state index contributed by atoms with van der Waals surface area (Å²) in [6.45, 7) is -0.437. The van der Waals surface area contributed by atoms with Gasteiger partial charge in [-0.2, -0.15) is 70.2 Å². The second-order valence-electron chi connectivity index (χ2n) is 8.36. The second kappa shape index (κ2) is 12.3. The Bertz CT molecular complexity index is 798. The molecule has 40 heavy (non-hydrogen) atoms. The van der Waals surface area contributed by atoms with Crippen molar-refractivity contribution in [3.05, 3.63) is 0 Å². The van der Waals surface area contributed by atoms with E-state index in [-0.39, 0.29) is 19.3 Å². The Labute approximate surface area is 217 Å². The first-order valence-corrected chi connectivity index (χ1v) is 12.9. The molecule has 0 fully saturated rings. The third-order valence-corrected chi connectivity index (χ3v) is 7.99. The molecule has 0 saturated carbocycles. The molecular weight excluding hydrogens is 627 g/mol. The van der Waals surface area contributed by atoms with Crippen molar-refractivity contribution in [1.82, 2.24) is 0 Å². The van der Waals surface area contributed by atoms with E-state index in [9.17, 15) is 65.9 Å². The molecule has 1 unspecified atom stereocenters. The molecule has 242 valence electrons. The molecule has 0 saturated heterocycles. The predicted molar refractivity (Wildman–Crippen MR) is 105 cm³/mol. The molecule has 0 aliphatic rings. The van der Waals surface area contributed by atoms with Gasteiger partial charge in [-0.15, -0.1) is 0 Å². The normalized spacial score (nSPS) is 16.4. The van der Waals surface area contributed by atoms with Crippen LogP contribution in [0.15, 0.2) is 0 Å². The monoisotopic (exact) mass is 652 g/mol. The van der Waals surface area contributed by atoms with E-state index in [1.807, 2.05) is 0 Å². The molecule has 0 aliphatic heterocycles. The van der Waals surface area contributed by atoms with Gasteiger partial charge in [0, 0.05) is 19.8 Å². The largest absolute Gasteiger partial charge is 0.582 e. The van der Waals surface area contributed by atoms with E-state index in [2.05, 4.69) is 13.3 Å². The molecule has 0 bridgehead atoms. The third-order valence-electron chi connectivity index (χ3n) is 5.16. The summed E-state index contributed by atoms with van der Waals surface area (Å²) < 4.78 is 252. The molecule has 0 spiro atoms. The van der Waals surface area contributed by atoms with Gasteiger partial charge in [-0.3, -0.25) is 0 Å². The lowest BCUT2D eigenvalue weighted by Crippen LogP contribution is -2.79. The molecule has 0 N–H and O–H groups in total. The molecule has 0 aromatic rings. The summed E-state index contributed by atoms with van der Waals surface area (Å²) in [5.74, 6) is -57.0. The van der Waals surface area contributed by atoms with Crippen LogP contribution in [-0.2, 0) is 13.3 Å². The summed E-state index contributed by atoms with van der Waals surface area (Å²) in [5, 5.41) is 0. The average Bonchev–Trinajstić information content (AvgIpc) is 2.82. The van der Waals surface area contributed by atoms with E-state index < -0.39 is 88.7 Å². The first kappa shape index (κ1) is 38.9. The lowest BCUT2D eigenvalue weighted by molar-refractivity contribution is -0.453. The highest BCUT2D eigenvalue weighted by Gasteiger charge is 2.97. The van der Waals surface area contributed by atoms with E-state index in [1.165, 1.54) is 0 Å². The summed E-state index contributed by atoms with van der Waals surface area (Å²) >= 11 is 0. The topological polar surface area (TPSA) is 27.7 Å². The van der Waals surface area contributed by atoms with Crippen molar-refractivity contribution in [1.29, 1.82) is 0 Å². The SMILES string of the molecule is CCCO[Si](OCCC)(OCCC)C(F)(F)C(F)(F)C(F)(F)C(F)(F)C(F)(F)C(F)(F)C(F)(F)C(F)(F)C(C)F. The Balaban J connectivity index is 7.25. The maximum absolute atomic E-state index is 15.1. The van der Waals surface area contributed by atoms with E-state index in [1.54, 1.807) is 0 Å². The summed E-state index contributed by atoms with van der Waals surface area (Å²) in [7, 11) is -6.74. The van der Waals surface area contributed by atoms with E-state index >= 15 is 8.78 Å². The van der Waals surface area contributed by atoms with Crippen LogP contribution < -0.4 is 0 Å². The maximum atomic E-state index is 15.1. The molecule has 0 amide bonds. The summed E-state index contributed by atoms with van der Waals surface area (Å²) in [4.78, 5) is 0.